The van der Waals surface area contributed by atoms with Crippen molar-refractivity contribution in [3.63, 3.8) is 0 Å². The lowest BCUT2D eigenvalue weighted by Crippen LogP contribution is -2.11. The minimum absolute atomic E-state index is 0.261. The second-order valence-corrected chi connectivity index (χ2v) is 4.12. The van der Waals surface area contributed by atoms with Gasteiger partial charge in [-0.05, 0) is 29.8 Å². The Labute approximate surface area is 111 Å². The fraction of sp³-hybridized carbons (Fsp3) is 0.133. The predicted octanol–water partition coefficient (Wildman–Crippen LogP) is 2.11. The van der Waals surface area contributed by atoms with Crippen molar-refractivity contribution in [2.24, 2.45) is 5.73 Å². The van der Waals surface area contributed by atoms with E-state index in [1.165, 1.54) is 0 Å². The molecule has 0 radical (unpaired) electrons. The van der Waals surface area contributed by atoms with Gasteiger partial charge in [0.25, 0.3) is 0 Å². The third-order valence-electron chi connectivity index (χ3n) is 2.75. The van der Waals surface area contributed by atoms with Gasteiger partial charge in [-0.2, -0.15) is 0 Å². The Bertz CT molecular complexity index is 581. The molecule has 0 saturated heterocycles. The summed E-state index contributed by atoms with van der Waals surface area (Å²) in [5, 5.41) is 9.61. The van der Waals surface area contributed by atoms with E-state index in [4.69, 9.17) is 10.5 Å². The smallest absolute Gasteiger partial charge is 0.248 e. The summed E-state index contributed by atoms with van der Waals surface area (Å²) >= 11 is 0. The van der Waals surface area contributed by atoms with E-state index in [9.17, 15) is 9.90 Å². The molecule has 0 heterocycles. The molecule has 1 amide bonds. The van der Waals surface area contributed by atoms with Crippen molar-refractivity contribution in [3.05, 3.63) is 59.7 Å². The number of carbonyl (C=O) groups is 1. The number of primary amides is 1. The van der Waals surface area contributed by atoms with E-state index in [1.807, 2.05) is 12.1 Å². The summed E-state index contributed by atoms with van der Waals surface area (Å²) in [5.74, 6) is 0.370. The minimum atomic E-state index is -0.480. The summed E-state index contributed by atoms with van der Waals surface area (Å²) in [6.45, 7) is 0.416. The summed E-state index contributed by atoms with van der Waals surface area (Å²) in [7, 11) is 0. The molecule has 0 unspecified atom stereocenters. The number of hydrogen-bond acceptors (Lipinski definition) is 3. The normalized spacial score (nSPS) is 10.1. The van der Waals surface area contributed by atoms with Gasteiger partial charge in [-0.3, -0.25) is 4.79 Å². The van der Waals surface area contributed by atoms with E-state index in [1.54, 1.807) is 36.4 Å². The van der Waals surface area contributed by atoms with Crippen LogP contribution in [0.25, 0.3) is 0 Å². The second kappa shape index (κ2) is 5.91. The summed E-state index contributed by atoms with van der Waals surface area (Å²) in [6, 6.07) is 13.8. The number of carbonyl (C=O) groups excluding carboxylic acids is 1. The zero-order valence-electron chi connectivity index (χ0n) is 10.4. The summed E-state index contributed by atoms with van der Waals surface area (Å²) in [6.07, 6.45) is 0.591. The van der Waals surface area contributed by atoms with Gasteiger partial charge >= 0.3 is 0 Å². The first kappa shape index (κ1) is 13.0. The van der Waals surface area contributed by atoms with Gasteiger partial charge in [0, 0.05) is 12.0 Å². The van der Waals surface area contributed by atoms with Gasteiger partial charge in [0.15, 0.2) is 0 Å². The number of phenolic OH excluding ortho intramolecular Hbond substituents is 1. The highest BCUT2D eigenvalue weighted by Crippen LogP contribution is 2.17. The van der Waals surface area contributed by atoms with Crippen LogP contribution in [0.2, 0.25) is 0 Å². The first-order valence-corrected chi connectivity index (χ1v) is 5.96. The molecular weight excluding hydrogens is 242 g/mol. The van der Waals surface area contributed by atoms with Gasteiger partial charge in [0.2, 0.25) is 5.91 Å². The quantitative estimate of drug-likeness (QED) is 0.861. The van der Waals surface area contributed by atoms with Crippen LogP contribution in [-0.4, -0.2) is 17.6 Å². The first-order chi connectivity index (χ1) is 9.16. The maximum Gasteiger partial charge on any atom is 0.248 e. The zero-order chi connectivity index (χ0) is 13.7. The average molecular weight is 257 g/mol. The van der Waals surface area contributed by atoms with Crippen molar-refractivity contribution in [2.45, 2.75) is 6.42 Å². The van der Waals surface area contributed by atoms with Crippen molar-refractivity contribution in [2.75, 3.05) is 6.61 Å². The molecule has 3 N–H and O–H groups in total. The van der Waals surface area contributed by atoms with Gasteiger partial charge in [-0.1, -0.05) is 24.3 Å². The summed E-state index contributed by atoms with van der Waals surface area (Å²) < 4.78 is 5.54. The van der Waals surface area contributed by atoms with Crippen molar-refractivity contribution in [1.82, 2.24) is 0 Å². The molecule has 0 aliphatic rings. The molecule has 98 valence electrons. The van der Waals surface area contributed by atoms with Crippen molar-refractivity contribution < 1.29 is 14.6 Å². The molecule has 4 nitrogen and oxygen atoms in total. The van der Waals surface area contributed by atoms with E-state index in [0.717, 1.165) is 5.56 Å². The van der Waals surface area contributed by atoms with Crippen molar-refractivity contribution >= 4 is 5.91 Å². The molecular formula is C15H15NO3. The van der Waals surface area contributed by atoms with E-state index in [0.29, 0.717) is 24.3 Å². The monoisotopic (exact) mass is 257 g/mol. The third-order valence-corrected chi connectivity index (χ3v) is 2.75. The van der Waals surface area contributed by atoms with Gasteiger partial charge in [0.1, 0.15) is 11.5 Å². The highest BCUT2D eigenvalue weighted by atomic mass is 16.5. The van der Waals surface area contributed by atoms with Gasteiger partial charge < -0.3 is 15.6 Å². The predicted molar refractivity (Wildman–Crippen MR) is 72.3 cm³/mol. The largest absolute Gasteiger partial charge is 0.508 e. The number of phenols is 1. The molecule has 2 aromatic rings. The molecule has 19 heavy (non-hydrogen) atoms. The number of rotatable bonds is 5. The average Bonchev–Trinajstić information content (AvgIpc) is 2.41. The van der Waals surface area contributed by atoms with Crippen LogP contribution in [0, 0.1) is 0 Å². The number of hydrogen-bond donors (Lipinski definition) is 2. The topological polar surface area (TPSA) is 72.6 Å². The Morgan fingerprint density at radius 3 is 2.68 bits per heavy atom. The highest BCUT2D eigenvalue weighted by molar-refractivity contribution is 5.93. The lowest BCUT2D eigenvalue weighted by Gasteiger charge is -2.08. The number of nitrogens with two attached hydrogens (primary N) is 1. The van der Waals surface area contributed by atoms with Crippen LogP contribution in [0.15, 0.2) is 48.5 Å². The number of amides is 1. The van der Waals surface area contributed by atoms with E-state index < -0.39 is 5.91 Å². The van der Waals surface area contributed by atoms with E-state index >= 15 is 0 Å². The van der Waals surface area contributed by atoms with Crippen molar-refractivity contribution in [1.29, 1.82) is 0 Å². The molecule has 0 aliphatic carbocycles. The lowest BCUT2D eigenvalue weighted by atomic mass is 10.1. The SMILES string of the molecule is NC(=O)c1cccc(OCCc2ccccc2O)c1. The highest BCUT2D eigenvalue weighted by Gasteiger charge is 2.03. The van der Waals surface area contributed by atoms with Crippen LogP contribution < -0.4 is 10.5 Å². The van der Waals surface area contributed by atoms with Gasteiger partial charge in [-0.15, -0.1) is 0 Å². The number of benzene rings is 2. The second-order valence-electron chi connectivity index (χ2n) is 4.12. The molecule has 0 fully saturated rings. The van der Waals surface area contributed by atoms with Crippen LogP contribution in [0.1, 0.15) is 15.9 Å². The molecule has 2 aromatic carbocycles. The Morgan fingerprint density at radius 1 is 1.16 bits per heavy atom. The third kappa shape index (κ3) is 3.48. The Hall–Kier alpha value is -2.49. The first-order valence-electron chi connectivity index (χ1n) is 5.96. The maximum atomic E-state index is 11.0. The summed E-state index contributed by atoms with van der Waals surface area (Å²) in [4.78, 5) is 11.0. The Morgan fingerprint density at radius 2 is 1.95 bits per heavy atom. The molecule has 0 aromatic heterocycles. The number of ether oxygens (including phenoxy) is 1. The van der Waals surface area contributed by atoms with E-state index in [2.05, 4.69) is 0 Å². The zero-order valence-corrected chi connectivity index (χ0v) is 10.4. The fourth-order valence-corrected chi connectivity index (χ4v) is 1.74. The Kier molecular flexibility index (Phi) is 4.03. The van der Waals surface area contributed by atoms with Gasteiger partial charge in [-0.25, -0.2) is 0 Å². The van der Waals surface area contributed by atoms with Crippen LogP contribution in [0.5, 0.6) is 11.5 Å². The lowest BCUT2D eigenvalue weighted by molar-refractivity contribution is 0.1000. The molecule has 0 spiro atoms. The number of aromatic hydroxyl groups is 1. The van der Waals surface area contributed by atoms with Gasteiger partial charge in [0.05, 0.1) is 6.61 Å². The molecule has 0 atom stereocenters. The van der Waals surface area contributed by atoms with Crippen LogP contribution in [0.3, 0.4) is 0 Å². The summed E-state index contributed by atoms with van der Waals surface area (Å²) in [5.41, 5.74) is 6.44. The molecule has 0 saturated carbocycles. The standard InChI is InChI=1S/C15H15NO3/c16-15(18)12-5-3-6-13(10-12)19-9-8-11-4-1-2-7-14(11)17/h1-7,10,17H,8-9H2,(H2,16,18). The Balaban J connectivity index is 1.94. The van der Waals surface area contributed by atoms with Crippen LogP contribution in [-0.2, 0) is 6.42 Å². The van der Waals surface area contributed by atoms with Crippen molar-refractivity contribution in [3.8, 4) is 11.5 Å². The maximum absolute atomic E-state index is 11.0. The molecule has 4 heteroatoms. The molecule has 0 aliphatic heterocycles. The molecule has 2 rings (SSSR count). The van der Waals surface area contributed by atoms with Crippen LogP contribution >= 0.6 is 0 Å². The minimum Gasteiger partial charge on any atom is -0.508 e. The van der Waals surface area contributed by atoms with Crippen LogP contribution in [0.4, 0.5) is 0 Å². The fourth-order valence-electron chi connectivity index (χ4n) is 1.74. The van der Waals surface area contributed by atoms with E-state index in [-0.39, 0.29) is 5.75 Å². The molecule has 0 bridgehead atoms. The number of para-hydroxylation sites is 1.